The van der Waals surface area contributed by atoms with Crippen molar-refractivity contribution < 1.29 is 5.02 Å². The number of benzene rings is 1. The molecule has 0 saturated carbocycles. The molecule has 128 valence electrons. The minimum Gasteiger partial charge on any atom is -0.447 e. The molecule has 0 amide bonds. The van der Waals surface area contributed by atoms with Gasteiger partial charge in [-0.2, -0.15) is 0 Å². The van der Waals surface area contributed by atoms with Gasteiger partial charge in [-0.25, -0.2) is 9.97 Å². The Morgan fingerprint density at radius 2 is 1.84 bits per heavy atom. The lowest BCUT2D eigenvalue weighted by Crippen LogP contribution is -2.25. The maximum absolute atomic E-state index is 9.66. The first-order chi connectivity index (χ1) is 12.0. The van der Waals surface area contributed by atoms with Crippen molar-refractivity contribution in [2.24, 2.45) is 0 Å². The van der Waals surface area contributed by atoms with Gasteiger partial charge in [0.15, 0.2) is 5.82 Å². The lowest BCUT2D eigenvalue weighted by Gasteiger charge is -2.12. The van der Waals surface area contributed by atoms with E-state index < -0.39 is 6.92 Å². The zero-order chi connectivity index (χ0) is 18.0. The number of nitrogens with zero attached hydrogens (tertiary/aromatic N) is 2. The van der Waals surface area contributed by atoms with Crippen LogP contribution in [0.15, 0.2) is 36.4 Å². The van der Waals surface area contributed by atoms with E-state index in [2.05, 4.69) is 24.0 Å². The molecule has 0 aliphatic rings. The second-order valence-electron chi connectivity index (χ2n) is 6.11. The number of thiophene rings is 1. The highest BCUT2D eigenvalue weighted by Gasteiger charge is 2.14. The Labute approximate surface area is 157 Å². The van der Waals surface area contributed by atoms with Gasteiger partial charge in [-0.05, 0) is 42.1 Å². The van der Waals surface area contributed by atoms with Crippen LogP contribution in [0, 0.1) is 6.92 Å². The highest BCUT2D eigenvalue weighted by Crippen LogP contribution is 2.30. The van der Waals surface area contributed by atoms with Gasteiger partial charge in [0.1, 0.15) is 0 Å². The maximum atomic E-state index is 9.66. The predicted molar refractivity (Wildman–Crippen MR) is 107 cm³/mol. The minimum atomic E-state index is -0.447. The zero-order valence-corrected chi connectivity index (χ0v) is 16.2. The zero-order valence-electron chi connectivity index (χ0n) is 14.6. The second-order valence-corrected chi connectivity index (χ2v) is 7.82. The molecule has 25 heavy (non-hydrogen) atoms. The Kier molecular flexibility index (Phi) is 5.57. The van der Waals surface area contributed by atoms with Gasteiger partial charge in [0.25, 0.3) is 0 Å². The minimum absolute atomic E-state index is 0.447. The van der Waals surface area contributed by atoms with Crippen LogP contribution in [-0.4, -0.2) is 21.9 Å². The molecule has 2 heterocycles. The summed E-state index contributed by atoms with van der Waals surface area (Å²) >= 11 is 7.56. The molecule has 0 fully saturated rings. The van der Waals surface area contributed by atoms with Crippen LogP contribution in [0.3, 0.4) is 0 Å². The molecule has 1 aromatic carbocycles. The summed E-state index contributed by atoms with van der Waals surface area (Å²) in [6, 6.07) is 11.9. The summed E-state index contributed by atoms with van der Waals surface area (Å²) in [5.41, 5.74) is 5.37. The van der Waals surface area contributed by atoms with Crippen molar-refractivity contribution in [3.8, 4) is 10.7 Å². The van der Waals surface area contributed by atoms with Crippen molar-refractivity contribution in [3.05, 3.63) is 63.2 Å². The Morgan fingerprint density at radius 1 is 1.12 bits per heavy atom. The van der Waals surface area contributed by atoms with Crippen LogP contribution in [0.1, 0.15) is 29.4 Å². The van der Waals surface area contributed by atoms with Crippen molar-refractivity contribution in [1.29, 1.82) is 0 Å². The number of hydrogen-bond donors (Lipinski definition) is 1. The van der Waals surface area contributed by atoms with Gasteiger partial charge < -0.3 is 5.02 Å². The van der Waals surface area contributed by atoms with Crippen LogP contribution in [0.4, 0.5) is 0 Å². The smallest absolute Gasteiger partial charge is 0.320 e. The number of hydrogen-bond acceptors (Lipinski definition) is 4. The Hall–Kier alpha value is -1.69. The summed E-state index contributed by atoms with van der Waals surface area (Å²) in [6.07, 6.45) is 1.65. The van der Waals surface area contributed by atoms with Gasteiger partial charge in [0, 0.05) is 12.1 Å². The Balaban J connectivity index is 1.97. The molecule has 0 aliphatic carbocycles. The summed E-state index contributed by atoms with van der Waals surface area (Å²) in [4.78, 5) is 10.5. The molecule has 0 bridgehead atoms. The molecule has 2 aromatic heterocycles. The fourth-order valence-corrected chi connectivity index (χ4v) is 3.89. The lowest BCUT2D eigenvalue weighted by molar-refractivity contribution is 0.594. The van der Waals surface area contributed by atoms with Crippen molar-refractivity contribution in [1.82, 2.24) is 9.97 Å². The van der Waals surface area contributed by atoms with Crippen LogP contribution < -0.4 is 5.46 Å². The van der Waals surface area contributed by atoms with E-state index in [4.69, 9.17) is 16.6 Å². The average Bonchev–Trinajstić information content (AvgIpc) is 3.01. The van der Waals surface area contributed by atoms with Gasteiger partial charge in [-0.15, -0.1) is 11.3 Å². The molecule has 3 nitrogen and oxygen atoms in total. The molecule has 0 spiro atoms. The Morgan fingerprint density at radius 3 is 2.40 bits per heavy atom. The topological polar surface area (TPSA) is 46.0 Å². The fourth-order valence-electron chi connectivity index (χ4n) is 2.91. The summed E-state index contributed by atoms with van der Waals surface area (Å²) in [6.45, 7) is 5.50. The van der Waals surface area contributed by atoms with E-state index in [1.807, 2.05) is 31.2 Å². The highest BCUT2D eigenvalue weighted by molar-refractivity contribution is 7.19. The molecule has 0 aliphatic heterocycles. The number of aryl methyl sites for hydroxylation is 1. The van der Waals surface area contributed by atoms with Gasteiger partial charge in [-0.1, -0.05) is 49.6 Å². The standard InChI is InChI=1S/C19H20BClN2OS/c1-4-15-12(2)22-19(17-9-10-18(21)25-17)23-16(15)11-13-5-7-14(8-6-13)20(3)24/h5-10,24H,4,11H2,1-3H3. The SMILES string of the molecule is CCc1c(C)nc(-c2ccc(Cl)s2)nc1Cc1ccc(B(C)O)cc1. The quantitative estimate of drug-likeness (QED) is 0.687. The first kappa shape index (κ1) is 18.1. The summed E-state index contributed by atoms with van der Waals surface area (Å²) < 4.78 is 0.742. The van der Waals surface area contributed by atoms with E-state index in [1.165, 1.54) is 22.5 Å². The van der Waals surface area contributed by atoms with Crippen molar-refractivity contribution in [3.63, 3.8) is 0 Å². The van der Waals surface area contributed by atoms with E-state index in [-0.39, 0.29) is 0 Å². The van der Waals surface area contributed by atoms with Crippen molar-refractivity contribution in [2.75, 3.05) is 0 Å². The van der Waals surface area contributed by atoms with Crippen LogP contribution in [0.25, 0.3) is 10.7 Å². The third-order valence-electron chi connectivity index (χ3n) is 4.28. The predicted octanol–water partition coefficient (Wildman–Crippen LogP) is 4.14. The summed E-state index contributed by atoms with van der Waals surface area (Å²) in [5.74, 6) is 0.738. The van der Waals surface area contributed by atoms with Gasteiger partial charge in [0.05, 0.1) is 14.9 Å². The average molecular weight is 371 g/mol. The second kappa shape index (κ2) is 7.69. The number of rotatable bonds is 5. The van der Waals surface area contributed by atoms with Crippen LogP contribution >= 0.6 is 22.9 Å². The van der Waals surface area contributed by atoms with Crippen LogP contribution in [0.2, 0.25) is 11.2 Å². The lowest BCUT2D eigenvalue weighted by atomic mass is 9.64. The summed E-state index contributed by atoms with van der Waals surface area (Å²) in [7, 11) is 0. The third kappa shape index (κ3) is 4.11. The van der Waals surface area contributed by atoms with Gasteiger partial charge in [-0.3, -0.25) is 0 Å². The molecule has 3 aromatic rings. The van der Waals surface area contributed by atoms with Gasteiger partial charge >= 0.3 is 6.92 Å². The molecule has 0 saturated heterocycles. The van der Waals surface area contributed by atoms with Crippen LogP contribution in [0.5, 0.6) is 0 Å². The van der Waals surface area contributed by atoms with Crippen molar-refractivity contribution in [2.45, 2.75) is 33.5 Å². The number of aromatic nitrogens is 2. The molecule has 0 radical (unpaired) electrons. The monoisotopic (exact) mass is 370 g/mol. The molecule has 0 unspecified atom stereocenters. The molecular formula is C19H20BClN2OS. The molecular weight excluding hydrogens is 351 g/mol. The molecule has 1 N–H and O–H groups in total. The van der Waals surface area contributed by atoms with Crippen molar-refractivity contribution >= 4 is 35.3 Å². The molecule has 3 rings (SSSR count). The first-order valence-corrected chi connectivity index (χ1v) is 9.56. The van der Waals surface area contributed by atoms with Gasteiger partial charge in [0.2, 0.25) is 0 Å². The highest BCUT2D eigenvalue weighted by atomic mass is 35.5. The fraction of sp³-hybridized carbons (Fsp3) is 0.263. The van der Waals surface area contributed by atoms with Crippen LogP contribution in [-0.2, 0) is 12.8 Å². The molecule has 6 heteroatoms. The third-order valence-corrected chi connectivity index (χ3v) is 5.51. The van der Waals surface area contributed by atoms with E-state index >= 15 is 0 Å². The largest absolute Gasteiger partial charge is 0.447 e. The molecule has 0 atom stereocenters. The van der Waals surface area contributed by atoms with E-state index in [0.29, 0.717) is 0 Å². The first-order valence-electron chi connectivity index (χ1n) is 8.37. The maximum Gasteiger partial charge on any atom is 0.320 e. The van der Waals surface area contributed by atoms with E-state index in [9.17, 15) is 5.02 Å². The summed E-state index contributed by atoms with van der Waals surface area (Å²) in [5, 5.41) is 9.66. The number of halogens is 1. The Bertz CT molecular complexity index is 878. The van der Waals surface area contributed by atoms with E-state index in [1.54, 1.807) is 6.82 Å². The normalized spacial score (nSPS) is 10.9. The van der Waals surface area contributed by atoms with E-state index in [0.717, 1.165) is 44.7 Å².